The Morgan fingerprint density at radius 3 is 1.88 bits per heavy atom. The molecular formula is C20H21ClN2O2. The first-order valence-electron chi connectivity index (χ1n) is 8.30. The summed E-state index contributed by atoms with van der Waals surface area (Å²) < 4.78 is 0. The zero-order valence-corrected chi connectivity index (χ0v) is 15.3. The summed E-state index contributed by atoms with van der Waals surface area (Å²) in [6, 6.07) is 11.2. The second-order valence-electron chi connectivity index (χ2n) is 6.69. The maximum absolute atomic E-state index is 12.3. The van der Waals surface area contributed by atoms with Crippen molar-refractivity contribution < 1.29 is 9.59 Å². The summed E-state index contributed by atoms with van der Waals surface area (Å²) in [6.07, 6.45) is 0.572. The van der Waals surface area contributed by atoms with Crippen LogP contribution in [0.1, 0.15) is 23.1 Å². The Morgan fingerprint density at radius 2 is 1.36 bits per heavy atom. The molecule has 2 aromatic rings. The molecule has 1 saturated carbocycles. The van der Waals surface area contributed by atoms with Crippen LogP contribution in [0.4, 0.5) is 11.4 Å². The molecule has 4 nitrogen and oxygen atoms in total. The van der Waals surface area contributed by atoms with Gasteiger partial charge in [0.1, 0.15) is 0 Å². The highest BCUT2D eigenvalue weighted by Crippen LogP contribution is 2.40. The Bertz CT molecular complexity index is 778. The molecule has 130 valence electrons. The first-order chi connectivity index (χ1) is 11.8. The summed E-state index contributed by atoms with van der Waals surface area (Å²) in [5.74, 6) is -0.806. The monoisotopic (exact) mass is 356 g/mol. The van der Waals surface area contributed by atoms with E-state index in [2.05, 4.69) is 10.6 Å². The van der Waals surface area contributed by atoms with Gasteiger partial charge in [-0.05, 0) is 68.1 Å². The second kappa shape index (κ2) is 6.89. The van der Waals surface area contributed by atoms with Crippen molar-refractivity contribution in [2.75, 3.05) is 10.6 Å². The molecule has 2 N–H and O–H groups in total. The number of nitrogens with one attached hydrogen (secondary N) is 2. The van der Waals surface area contributed by atoms with Crippen LogP contribution in [0.3, 0.4) is 0 Å². The number of halogens is 1. The highest BCUT2D eigenvalue weighted by molar-refractivity contribution is 6.31. The number of aryl methyl sites for hydroxylation is 3. The van der Waals surface area contributed by atoms with Gasteiger partial charge in [0.05, 0.1) is 11.8 Å². The summed E-state index contributed by atoms with van der Waals surface area (Å²) in [7, 11) is 0. The van der Waals surface area contributed by atoms with E-state index in [1.807, 2.05) is 51.1 Å². The van der Waals surface area contributed by atoms with Crippen LogP contribution >= 0.6 is 11.6 Å². The van der Waals surface area contributed by atoms with E-state index in [0.717, 1.165) is 16.8 Å². The summed E-state index contributed by atoms with van der Waals surface area (Å²) in [6.45, 7) is 5.94. The van der Waals surface area contributed by atoms with Gasteiger partial charge < -0.3 is 10.6 Å². The van der Waals surface area contributed by atoms with Crippen molar-refractivity contribution in [3.05, 3.63) is 58.1 Å². The third-order valence-corrected chi connectivity index (χ3v) is 5.08. The van der Waals surface area contributed by atoms with E-state index in [9.17, 15) is 9.59 Å². The molecule has 2 atom stereocenters. The van der Waals surface area contributed by atoms with Crippen LogP contribution in [0, 0.1) is 32.6 Å². The highest BCUT2D eigenvalue weighted by atomic mass is 35.5. The third kappa shape index (κ3) is 4.02. The number of rotatable bonds is 4. The predicted molar refractivity (Wildman–Crippen MR) is 101 cm³/mol. The lowest BCUT2D eigenvalue weighted by molar-refractivity contribution is -0.122. The Kier molecular flexibility index (Phi) is 4.82. The fourth-order valence-corrected chi connectivity index (χ4v) is 2.91. The number of amides is 2. The van der Waals surface area contributed by atoms with Crippen LogP contribution in [0.25, 0.3) is 0 Å². The molecule has 1 fully saturated rings. The minimum atomic E-state index is -0.286. The normalized spacial score (nSPS) is 18.6. The predicted octanol–water partition coefficient (Wildman–Crippen LogP) is 4.48. The van der Waals surface area contributed by atoms with Crippen molar-refractivity contribution in [1.29, 1.82) is 0 Å². The highest BCUT2D eigenvalue weighted by Gasteiger charge is 2.48. The molecule has 1 aliphatic rings. The Hall–Kier alpha value is -2.33. The summed E-state index contributed by atoms with van der Waals surface area (Å²) >= 11 is 6.07. The van der Waals surface area contributed by atoms with Gasteiger partial charge in [0.15, 0.2) is 0 Å². The lowest BCUT2D eigenvalue weighted by atomic mass is 10.1. The van der Waals surface area contributed by atoms with E-state index in [0.29, 0.717) is 17.1 Å². The quantitative estimate of drug-likeness (QED) is 0.848. The van der Waals surface area contributed by atoms with Gasteiger partial charge in [-0.2, -0.15) is 0 Å². The van der Waals surface area contributed by atoms with Gasteiger partial charge in [0.25, 0.3) is 0 Å². The Morgan fingerprint density at radius 1 is 0.840 bits per heavy atom. The number of hydrogen-bond donors (Lipinski definition) is 2. The maximum Gasteiger partial charge on any atom is 0.228 e. The smallest absolute Gasteiger partial charge is 0.228 e. The summed E-state index contributed by atoms with van der Waals surface area (Å²) in [5, 5.41) is 6.34. The van der Waals surface area contributed by atoms with Gasteiger partial charge in [-0.1, -0.05) is 23.7 Å². The molecule has 2 amide bonds. The van der Waals surface area contributed by atoms with Crippen LogP contribution in [0.5, 0.6) is 0 Å². The fourth-order valence-electron chi connectivity index (χ4n) is 2.73. The van der Waals surface area contributed by atoms with Crippen molar-refractivity contribution in [1.82, 2.24) is 0 Å². The molecule has 5 heteroatoms. The van der Waals surface area contributed by atoms with Crippen LogP contribution in [0.15, 0.2) is 36.4 Å². The zero-order chi connectivity index (χ0) is 18.1. The topological polar surface area (TPSA) is 58.2 Å². The molecule has 2 aromatic carbocycles. The first kappa shape index (κ1) is 17.5. The third-order valence-electron chi connectivity index (χ3n) is 4.68. The molecule has 0 bridgehead atoms. The first-order valence-corrected chi connectivity index (χ1v) is 8.68. The van der Waals surface area contributed by atoms with Crippen LogP contribution in [0.2, 0.25) is 5.02 Å². The minimum Gasteiger partial charge on any atom is -0.326 e. The van der Waals surface area contributed by atoms with Crippen LogP contribution in [-0.4, -0.2) is 11.8 Å². The van der Waals surface area contributed by atoms with Crippen molar-refractivity contribution in [3.8, 4) is 0 Å². The van der Waals surface area contributed by atoms with E-state index in [1.165, 1.54) is 5.56 Å². The lowest BCUT2D eigenvalue weighted by Gasteiger charge is -2.08. The number of benzene rings is 2. The van der Waals surface area contributed by atoms with Gasteiger partial charge in [-0.3, -0.25) is 9.59 Å². The summed E-state index contributed by atoms with van der Waals surface area (Å²) in [5.41, 5.74) is 4.68. The summed E-state index contributed by atoms with van der Waals surface area (Å²) in [4.78, 5) is 24.6. The molecule has 3 rings (SSSR count). The maximum atomic E-state index is 12.3. The molecule has 0 radical (unpaired) electrons. The van der Waals surface area contributed by atoms with Crippen LogP contribution in [-0.2, 0) is 9.59 Å². The zero-order valence-electron chi connectivity index (χ0n) is 14.5. The molecule has 0 heterocycles. The number of hydrogen-bond acceptors (Lipinski definition) is 2. The van der Waals surface area contributed by atoms with E-state index in [1.54, 1.807) is 6.07 Å². The Labute approximate surface area is 152 Å². The van der Waals surface area contributed by atoms with Crippen molar-refractivity contribution in [3.63, 3.8) is 0 Å². The second-order valence-corrected chi connectivity index (χ2v) is 7.10. The van der Waals surface area contributed by atoms with Crippen LogP contribution < -0.4 is 10.6 Å². The molecule has 0 aromatic heterocycles. The SMILES string of the molecule is Cc1ccc(NC(=O)C2CC2C(=O)Nc2ccc(C)c(Cl)c2)cc1C. The largest absolute Gasteiger partial charge is 0.326 e. The standard InChI is InChI=1S/C20H21ClN2O2/c1-11-4-6-14(8-13(11)3)22-19(24)16-10-17(16)20(25)23-15-7-5-12(2)18(21)9-15/h4-9,16-17H,10H2,1-3H3,(H,22,24)(H,23,25). The van der Waals surface area contributed by atoms with Gasteiger partial charge in [0.2, 0.25) is 11.8 Å². The molecule has 25 heavy (non-hydrogen) atoms. The number of carbonyl (C=O) groups is 2. The van der Waals surface area contributed by atoms with Crippen molar-refractivity contribution in [2.24, 2.45) is 11.8 Å². The van der Waals surface area contributed by atoms with E-state index >= 15 is 0 Å². The molecule has 0 spiro atoms. The van der Waals surface area contributed by atoms with Gasteiger partial charge in [-0.25, -0.2) is 0 Å². The molecule has 0 aliphatic heterocycles. The number of anilines is 2. The number of carbonyl (C=O) groups excluding carboxylic acids is 2. The molecule has 0 saturated heterocycles. The van der Waals surface area contributed by atoms with E-state index in [4.69, 9.17) is 11.6 Å². The minimum absolute atomic E-state index is 0.106. The van der Waals surface area contributed by atoms with E-state index in [-0.39, 0.29) is 23.7 Å². The van der Waals surface area contributed by atoms with E-state index < -0.39 is 0 Å². The Balaban J connectivity index is 1.57. The average molecular weight is 357 g/mol. The van der Waals surface area contributed by atoms with Gasteiger partial charge in [-0.15, -0.1) is 0 Å². The molecular weight excluding hydrogens is 336 g/mol. The lowest BCUT2D eigenvalue weighted by Crippen LogP contribution is -2.20. The average Bonchev–Trinajstić information content (AvgIpc) is 3.35. The molecule has 1 aliphatic carbocycles. The fraction of sp³-hybridized carbons (Fsp3) is 0.300. The van der Waals surface area contributed by atoms with Crippen molar-refractivity contribution in [2.45, 2.75) is 27.2 Å². The van der Waals surface area contributed by atoms with Gasteiger partial charge >= 0.3 is 0 Å². The van der Waals surface area contributed by atoms with Gasteiger partial charge in [0, 0.05) is 16.4 Å². The molecule has 2 unspecified atom stereocenters. The van der Waals surface area contributed by atoms with Crippen molar-refractivity contribution >= 4 is 34.8 Å².